The third-order valence-electron chi connectivity index (χ3n) is 6.30. The normalized spacial score (nSPS) is 19.9. The maximum absolute atomic E-state index is 13.1. The Bertz CT molecular complexity index is 1140. The molecule has 1 saturated heterocycles. The van der Waals surface area contributed by atoms with Gasteiger partial charge in [0.15, 0.2) is 12.4 Å². The van der Waals surface area contributed by atoms with Crippen LogP contribution in [0, 0.1) is 0 Å². The molecular formula is C25H24N2O5S. The third-order valence-corrected chi connectivity index (χ3v) is 7.27. The van der Waals surface area contributed by atoms with Crippen LogP contribution in [0.4, 0.5) is 0 Å². The number of amides is 2. The van der Waals surface area contributed by atoms with Crippen LogP contribution in [0.5, 0.6) is 0 Å². The largest absolute Gasteiger partial charge is 0.459 e. The van der Waals surface area contributed by atoms with Crippen molar-refractivity contribution >= 4 is 29.1 Å². The highest BCUT2D eigenvalue weighted by atomic mass is 32.1. The van der Waals surface area contributed by atoms with E-state index >= 15 is 0 Å². The molecule has 7 nitrogen and oxygen atoms in total. The number of fused-ring (bicyclic) bond motifs is 1. The lowest BCUT2D eigenvalue weighted by Crippen LogP contribution is -2.49. The van der Waals surface area contributed by atoms with Gasteiger partial charge in [0, 0.05) is 24.4 Å². The van der Waals surface area contributed by atoms with E-state index in [1.165, 1.54) is 11.2 Å². The predicted molar refractivity (Wildman–Crippen MR) is 121 cm³/mol. The Hall–Kier alpha value is -3.39. The zero-order valence-corrected chi connectivity index (χ0v) is 18.8. The molecule has 0 spiro atoms. The van der Waals surface area contributed by atoms with Crippen LogP contribution in [0.25, 0.3) is 0 Å². The van der Waals surface area contributed by atoms with E-state index in [0.717, 1.165) is 28.8 Å². The van der Waals surface area contributed by atoms with Crippen LogP contribution in [0.2, 0.25) is 0 Å². The SMILES string of the molecule is O=C(OCC(=O)N1CCCC1c1cccs1)[C@@H]1Cc2ccccc2CN1C(=O)c1ccco1. The number of nitrogens with zero attached hydrogens (tertiary/aromatic N) is 2. The second-order valence-corrected chi connectivity index (χ2v) is 9.25. The van der Waals surface area contributed by atoms with Gasteiger partial charge in [0.25, 0.3) is 11.8 Å². The fourth-order valence-electron chi connectivity index (χ4n) is 4.64. The highest BCUT2D eigenvalue weighted by molar-refractivity contribution is 7.10. The number of likely N-dealkylation sites (tertiary alicyclic amines) is 1. The van der Waals surface area contributed by atoms with Crippen molar-refractivity contribution in [3.63, 3.8) is 0 Å². The molecule has 2 aromatic heterocycles. The van der Waals surface area contributed by atoms with Crippen molar-refractivity contribution in [3.8, 4) is 0 Å². The number of ether oxygens (including phenoxy) is 1. The quantitative estimate of drug-likeness (QED) is 0.537. The lowest BCUT2D eigenvalue weighted by molar-refractivity contribution is -0.156. The van der Waals surface area contributed by atoms with E-state index in [1.54, 1.807) is 28.4 Å². The molecular weight excluding hydrogens is 440 g/mol. The van der Waals surface area contributed by atoms with Crippen molar-refractivity contribution in [3.05, 3.63) is 81.9 Å². The second kappa shape index (κ2) is 9.23. The van der Waals surface area contributed by atoms with Gasteiger partial charge in [-0.2, -0.15) is 0 Å². The van der Waals surface area contributed by atoms with Gasteiger partial charge in [-0.25, -0.2) is 4.79 Å². The molecule has 33 heavy (non-hydrogen) atoms. The molecule has 4 heterocycles. The fourth-order valence-corrected chi connectivity index (χ4v) is 5.52. The van der Waals surface area contributed by atoms with E-state index in [1.807, 2.05) is 41.8 Å². The van der Waals surface area contributed by atoms with Gasteiger partial charge < -0.3 is 19.0 Å². The highest BCUT2D eigenvalue weighted by Crippen LogP contribution is 2.34. The molecule has 0 bridgehead atoms. The first-order valence-corrected chi connectivity index (χ1v) is 11.9. The molecule has 170 valence electrons. The second-order valence-electron chi connectivity index (χ2n) is 8.27. The minimum Gasteiger partial charge on any atom is -0.459 e. The number of benzene rings is 1. The summed E-state index contributed by atoms with van der Waals surface area (Å²) in [4.78, 5) is 43.5. The minimum atomic E-state index is -0.822. The lowest BCUT2D eigenvalue weighted by atomic mass is 9.93. The molecule has 5 rings (SSSR count). The minimum absolute atomic E-state index is 0.0368. The first kappa shape index (κ1) is 21.5. The summed E-state index contributed by atoms with van der Waals surface area (Å²) in [7, 11) is 0. The molecule has 0 aliphatic carbocycles. The van der Waals surface area contributed by atoms with Crippen LogP contribution in [0.3, 0.4) is 0 Å². The highest BCUT2D eigenvalue weighted by Gasteiger charge is 2.38. The van der Waals surface area contributed by atoms with Crippen molar-refractivity contribution in [2.24, 2.45) is 0 Å². The van der Waals surface area contributed by atoms with Crippen molar-refractivity contribution in [1.29, 1.82) is 0 Å². The first-order chi connectivity index (χ1) is 16.1. The third kappa shape index (κ3) is 4.30. The van der Waals surface area contributed by atoms with Crippen LogP contribution < -0.4 is 0 Å². The zero-order chi connectivity index (χ0) is 22.8. The molecule has 0 saturated carbocycles. The summed E-state index contributed by atoms with van der Waals surface area (Å²) in [5, 5.41) is 2.00. The molecule has 2 amide bonds. The van der Waals surface area contributed by atoms with Crippen LogP contribution in [0.15, 0.2) is 64.6 Å². The average molecular weight is 465 g/mol. The lowest BCUT2D eigenvalue weighted by Gasteiger charge is -2.35. The van der Waals surface area contributed by atoms with E-state index in [4.69, 9.17) is 9.15 Å². The average Bonchev–Trinajstić information content (AvgIpc) is 3.63. The van der Waals surface area contributed by atoms with Gasteiger partial charge in [-0.1, -0.05) is 30.3 Å². The summed E-state index contributed by atoms with van der Waals surface area (Å²) in [6, 6.07) is 14.2. The topological polar surface area (TPSA) is 80.1 Å². The van der Waals surface area contributed by atoms with Crippen LogP contribution in [0.1, 0.15) is 45.4 Å². The first-order valence-electron chi connectivity index (χ1n) is 11.0. The molecule has 8 heteroatoms. The smallest absolute Gasteiger partial charge is 0.329 e. The van der Waals surface area contributed by atoms with E-state index < -0.39 is 12.0 Å². The van der Waals surface area contributed by atoms with Gasteiger partial charge >= 0.3 is 5.97 Å². The molecule has 2 aliphatic rings. The zero-order valence-electron chi connectivity index (χ0n) is 18.0. The van der Waals surface area contributed by atoms with Crippen molar-refractivity contribution in [2.75, 3.05) is 13.2 Å². The fraction of sp³-hybridized carbons (Fsp3) is 0.320. The Kier molecular flexibility index (Phi) is 6.00. The Labute approximate surface area is 195 Å². The predicted octanol–water partition coefficient (Wildman–Crippen LogP) is 3.82. The van der Waals surface area contributed by atoms with E-state index in [9.17, 15) is 14.4 Å². The number of carbonyl (C=O) groups excluding carboxylic acids is 3. The Morgan fingerprint density at radius 3 is 2.64 bits per heavy atom. The molecule has 0 N–H and O–H groups in total. The van der Waals surface area contributed by atoms with Gasteiger partial charge in [0.2, 0.25) is 0 Å². The van der Waals surface area contributed by atoms with Gasteiger partial charge in [-0.15, -0.1) is 11.3 Å². The maximum Gasteiger partial charge on any atom is 0.329 e. The van der Waals surface area contributed by atoms with Crippen LogP contribution >= 0.6 is 11.3 Å². The van der Waals surface area contributed by atoms with E-state index in [2.05, 4.69) is 0 Å². The summed E-state index contributed by atoms with van der Waals surface area (Å²) >= 11 is 1.63. The molecule has 3 aromatic rings. The number of rotatable bonds is 5. The van der Waals surface area contributed by atoms with E-state index in [-0.39, 0.29) is 36.8 Å². The molecule has 0 radical (unpaired) electrons. The number of hydrogen-bond donors (Lipinski definition) is 0. The molecule has 1 unspecified atom stereocenters. The summed E-state index contributed by atoms with van der Waals surface area (Å²) in [6.07, 6.45) is 3.59. The summed E-state index contributed by atoms with van der Waals surface area (Å²) < 4.78 is 10.8. The van der Waals surface area contributed by atoms with Gasteiger partial charge in [-0.05, 0) is 47.5 Å². The Balaban J connectivity index is 1.29. The summed E-state index contributed by atoms with van der Waals surface area (Å²) in [5.41, 5.74) is 1.97. The van der Waals surface area contributed by atoms with Gasteiger partial charge in [0.1, 0.15) is 6.04 Å². The monoisotopic (exact) mass is 464 g/mol. The van der Waals surface area contributed by atoms with Gasteiger partial charge in [-0.3, -0.25) is 9.59 Å². The van der Waals surface area contributed by atoms with Gasteiger partial charge in [0.05, 0.1) is 12.3 Å². The number of thiophene rings is 1. The molecule has 2 atom stereocenters. The Morgan fingerprint density at radius 2 is 1.88 bits per heavy atom. The number of hydrogen-bond acceptors (Lipinski definition) is 6. The molecule has 1 fully saturated rings. The number of furan rings is 1. The van der Waals surface area contributed by atoms with E-state index in [0.29, 0.717) is 13.0 Å². The molecule has 1 aromatic carbocycles. The van der Waals surface area contributed by atoms with Crippen molar-refractivity contribution < 1.29 is 23.5 Å². The number of esters is 1. The molecule has 2 aliphatic heterocycles. The number of carbonyl (C=O) groups is 3. The van der Waals surface area contributed by atoms with Crippen LogP contribution in [-0.4, -0.2) is 46.8 Å². The standard InChI is InChI=1S/C25H24N2O5S/c28-23(26-11-3-8-19(26)22-10-5-13-33-22)16-32-25(30)20-14-17-6-1-2-7-18(17)15-27(20)24(29)21-9-4-12-31-21/h1-2,4-7,9-10,12-13,19-20H,3,8,11,14-16H2/t19?,20-/m0/s1. The summed E-state index contributed by atoms with van der Waals surface area (Å²) in [6.45, 7) is 0.594. The van der Waals surface area contributed by atoms with Crippen molar-refractivity contribution in [2.45, 2.75) is 37.9 Å². The van der Waals surface area contributed by atoms with Crippen LogP contribution in [-0.2, 0) is 27.3 Å². The van der Waals surface area contributed by atoms with Crippen molar-refractivity contribution in [1.82, 2.24) is 9.80 Å². The Morgan fingerprint density at radius 1 is 1.03 bits per heavy atom. The maximum atomic E-state index is 13.1. The summed E-state index contributed by atoms with van der Waals surface area (Å²) in [5.74, 6) is -0.997.